The van der Waals surface area contributed by atoms with Crippen molar-refractivity contribution in [1.29, 1.82) is 0 Å². The molecule has 2 heteroatoms. The lowest BCUT2D eigenvalue weighted by molar-refractivity contribution is -0.156. The lowest BCUT2D eigenvalue weighted by atomic mass is 9.91. The summed E-state index contributed by atoms with van der Waals surface area (Å²) < 4.78 is 5.64. The number of carbonyl (C=O) groups is 1. The molecule has 0 saturated carbocycles. The van der Waals surface area contributed by atoms with Crippen molar-refractivity contribution in [3.05, 3.63) is 0 Å². The summed E-state index contributed by atoms with van der Waals surface area (Å²) in [5.74, 6) is 0.524. The van der Waals surface area contributed by atoms with E-state index in [4.69, 9.17) is 4.74 Å². The van der Waals surface area contributed by atoms with E-state index in [2.05, 4.69) is 13.8 Å². The maximum atomic E-state index is 12.4. The maximum Gasteiger partial charge on any atom is 0.306 e. The summed E-state index contributed by atoms with van der Waals surface area (Å²) >= 11 is 0. The van der Waals surface area contributed by atoms with Crippen molar-refractivity contribution in [2.24, 2.45) is 5.92 Å². The van der Waals surface area contributed by atoms with Gasteiger partial charge in [0.15, 0.2) is 0 Å². The quantitative estimate of drug-likeness (QED) is 0.0882. The third-order valence-corrected chi connectivity index (χ3v) is 7.31. The minimum atomic E-state index is -0.366. The molecule has 0 saturated heterocycles. The molecule has 210 valence electrons. The molecular formula is C33H66O2. The molecule has 0 heterocycles. The Morgan fingerprint density at radius 2 is 0.800 bits per heavy atom. The molecule has 35 heavy (non-hydrogen) atoms. The number of hydrogen-bond donors (Lipinski definition) is 0. The van der Waals surface area contributed by atoms with Gasteiger partial charge in [0.1, 0.15) is 5.60 Å². The molecule has 0 aliphatic rings. The molecule has 0 N–H and O–H groups in total. The van der Waals surface area contributed by atoms with Gasteiger partial charge in [0.05, 0.1) is 0 Å². The van der Waals surface area contributed by atoms with E-state index in [9.17, 15) is 4.79 Å². The van der Waals surface area contributed by atoms with Crippen LogP contribution in [0.25, 0.3) is 0 Å². The van der Waals surface area contributed by atoms with Gasteiger partial charge in [-0.05, 0) is 39.5 Å². The second-order valence-corrected chi connectivity index (χ2v) is 12.3. The Bertz CT molecular complexity index is 437. The van der Waals surface area contributed by atoms with Gasteiger partial charge in [-0.2, -0.15) is 0 Å². The molecule has 0 aliphatic carbocycles. The van der Waals surface area contributed by atoms with Gasteiger partial charge in [-0.1, -0.05) is 155 Å². The minimum Gasteiger partial charge on any atom is -0.460 e. The highest BCUT2D eigenvalue weighted by Crippen LogP contribution is 2.24. The van der Waals surface area contributed by atoms with E-state index in [0.29, 0.717) is 12.3 Å². The Balaban J connectivity index is 3.95. The highest BCUT2D eigenvalue weighted by Gasteiger charge is 2.20. The molecule has 1 unspecified atom stereocenters. The lowest BCUT2D eigenvalue weighted by Gasteiger charge is -2.22. The SMILES string of the molecule is CCCCCCCCCCCCCCC(CCCCCCCCCCCC)CC(=O)OC(C)(C)C. The first-order chi connectivity index (χ1) is 16.9. The fraction of sp³-hybridized carbons (Fsp3) is 0.970. The highest BCUT2D eigenvalue weighted by atomic mass is 16.6. The third kappa shape index (κ3) is 27.9. The van der Waals surface area contributed by atoms with Crippen molar-refractivity contribution < 1.29 is 9.53 Å². The molecule has 0 spiro atoms. The second kappa shape index (κ2) is 25.1. The molecule has 0 amide bonds. The number of ether oxygens (including phenoxy) is 1. The molecule has 0 aromatic heterocycles. The Morgan fingerprint density at radius 3 is 1.09 bits per heavy atom. The summed E-state index contributed by atoms with van der Waals surface area (Å²) in [5.41, 5.74) is -0.366. The summed E-state index contributed by atoms with van der Waals surface area (Å²) in [7, 11) is 0. The van der Waals surface area contributed by atoms with Crippen molar-refractivity contribution in [1.82, 2.24) is 0 Å². The summed E-state index contributed by atoms with van der Waals surface area (Å²) in [5, 5.41) is 0. The average molecular weight is 495 g/mol. The van der Waals surface area contributed by atoms with Gasteiger partial charge >= 0.3 is 5.97 Å². The van der Waals surface area contributed by atoms with Crippen molar-refractivity contribution in [2.75, 3.05) is 0 Å². The molecule has 1 atom stereocenters. The Labute approximate surface area is 222 Å². The molecule has 0 radical (unpaired) electrons. The van der Waals surface area contributed by atoms with Crippen molar-refractivity contribution in [3.63, 3.8) is 0 Å². The van der Waals surface area contributed by atoms with Crippen LogP contribution in [0, 0.1) is 5.92 Å². The van der Waals surface area contributed by atoms with E-state index >= 15 is 0 Å². The van der Waals surface area contributed by atoms with Crippen LogP contribution in [-0.2, 0) is 9.53 Å². The predicted molar refractivity (Wildman–Crippen MR) is 156 cm³/mol. The molecule has 0 aromatic rings. The van der Waals surface area contributed by atoms with Crippen LogP contribution >= 0.6 is 0 Å². The van der Waals surface area contributed by atoms with Gasteiger partial charge in [-0.25, -0.2) is 0 Å². The zero-order valence-electron chi connectivity index (χ0n) is 25.1. The van der Waals surface area contributed by atoms with Crippen LogP contribution in [0.3, 0.4) is 0 Å². The number of carbonyl (C=O) groups excluding carboxylic acids is 1. The van der Waals surface area contributed by atoms with Crippen LogP contribution in [0.15, 0.2) is 0 Å². The van der Waals surface area contributed by atoms with E-state index < -0.39 is 0 Å². The van der Waals surface area contributed by atoms with Crippen LogP contribution in [0.4, 0.5) is 0 Å². The molecule has 0 aliphatic heterocycles. The number of hydrogen-bond acceptors (Lipinski definition) is 2. The molecule has 0 bridgehead atoms. The van der Waals surface area contributed by atoms with Crippen LogP contribution in [0.2, 0.25) is 0 Å². The second-order valence-electron chi connectivity index (χ2n) is 12.3. The molecule has 0 aromatic carbocycles. The third-order valence-electron chi connectivity index (χ3n) is 7.31. The van der Waals surface area contributed by atoms with Crippen LogP contribution in [0.5, 0.6) is 0 Å². The van der Waals surface area contributed by atoms with E-state index in [1.807, 2.05) is 20.8 Å². The lowest BCUT2D eigenvalue weighted by Crippen LogP contribution is -2.25. The average Bonchev–Trinajstić information content (AvgIpc) is 2.79. The highest BCUT2D eigenvalue weighted by molar-refractivity contribution is 5.70. The standard InChI is InChI=1S/C33H66O2/c1-6-8-10-12-14-16-18-19-21-23-25-27-29-31(30-32(34)35-33(3,4)5)28-26-24-22-20-17-15-13-11-9-7-2/h31H,6-30H2,1-5H3. The fourth-order valence-electron chi connectivity index (χ4n) is 5.16. The Morgan fingerprint density at radius 1 is 0.514 bits per heavy atom. The Kier molecular flexibility index (Phi) is 24.8. The molecule has 0 fully saturated rings. The zero-order chi connectivity index (χ0) is 26.0. The van der Waals surface area contributed by atoms with Gasteiger partial charge in [0.25, 0.3) is 0 Å². The van der Waals surface area contributed by atoms with Crippen molar-refractivity contribution in [2.45, 2.75) is 201 Å². The summed E-state index contributed by atoms with van der Waals surface area (Å²) in [6, 6.07) is 0. The fourth-order valence-corrected chi connectivity index (χ4v) is 5.16. The van der Waals surface area contributed by atoms with Gasteiger partial charge in [0.2, 0.25) is 0 Å². The van der Waals surface area contributed by atoms with E-state index in [1.165, 1.54) is 154 Å². The number of rotatable bonds is 26. The van der Waals surface area contributed by atoms with Crippen LogP contribution in [-0.4, -0.2) is 11.6 Å². The largest absolute Gasteiger partial charge is 0.460 e. The first-order valence-corrected chi connectivity index (χ1v) is 16.1. The molecular weight excluding hydrogens is 428 g/mol. The van der Waals surface area contributed by atoms with E-state index in [-0.39, 0.29) is 11.6 Å². The van der Waals surface area contributed by atoms with E-state index in [0.717, 1.165) is 0 Å². The number of unbranched alkanes of at least 4 members (excludes halogenated alkanes) is 20. The van der Waals surface area contributed by atoms with Gasteiger partial charge in [-0.15, -0.1) is 0 Å². The summed E-state index contributed by atoms with van der Waals surface area (Å²) in [6.07, 6.45) is 33.5. The molecule has 0 rings (SSSR count). The van der Waals surface area contributed by atoms with E-state index in [1.54, 1.807) is 0 Å². The van der Waals surface area contributed by atoms with Crippen molar-refractivity contribution >= 4 is 5.97 Å². The minimum absolute atomic E-state index is 0.00789. The first-order valence-electron chi connectivity index (χ1n) is 16.1. The van der Waals surface area contributed by atoms with Crippen LogP contribution in [0.1, 0.15) is 195 Å². The van der Waals surface area contributed by atoms with Gasteiger partial charge < -0.3 is 4.74 Å². The maximum absolute atomic E-state index is 12.4. The topological polar surface area (TPSA) is 26.3 Å². The Hall–Kier alpha value is -0.530. The zero-order valence-corrected chi connectivity index (χ0v) is 25.1. The van der Waals surface area contributed by atoms with Gasteiger partial charge in [0, 0.05) is 6.42 Å². The number of esters is 1. The normalized spacial score (nSPS) is 12.7. The smallest absolute Gasteiger partial charge is 0.306 e. The summed E-state index contributed by atoms with van der Waals surface area (Å²) in [4.78, 5) is 12.4. The summed E-state index contributed by atoms with van der Waals surface area (Å²) in [6.45, 7) is 10.5. The monoisotopic (exact) mass is 495 g/mol. The predicted octanol–water partition coefficient (Wildman–Crippen LogP) is 11.7. The molecule has 2 nitrogen and oxygen atoms in total. The first kappa shape index (κ1) is 34.5. The van der Waals surface area contributed by atoms with Crippen LogP contribution < -0.4 is 0 Å². The van der Waals surface area contributed by atoms with Gasteiger partial charge in [-0.3, -0.25) is 4.79 Å². The van der Waals surface area contributed by atoms with Crippen molar-refractivity contribution in [3.8, 4) is 0 Å².